The third-order valence-corrected chi connectivity index (χ3v) is 3.90. The Morgan fingerprint density at radius 1 is 1.00 bits per heavy atom. The molecular weight excluding hydrogens is 262 g/mol. The monoisotopic (exact) mass is 285 g/mol. The number of carboxylic acid groups (broad SMARTS) is 2. The smallest absolute Gasteiger partial charge is 0.310 e. The molecule has 0 heterocycles. The van der Waals surface area contributed by atoms with E-state index in [0.717, 1.165) is 25.7 Å². The van der Waals surface area contributed by atoms with Gasteiger partial charge in [0.15, 0.2) is 0 Å². The number of nitrogens with one attached hydrogen (secondary N) is 1. The lowest BCUT2D eigenvalue weighted by Gasteiger charge is -2.27. The van der Waals surface area contributed by atoms with Crippen LogP contribution in [0.15, 0.2) is 0 Å². The summed E-state index contributed by atoms with van der Waals surface area (Å²) in [6.07, 6.45) is 5.19. The van der Waals surface area contributed by atoms with Crippen molar-refractivity contribution in [2.45, 2.75) is 57.8 Å². The van der Waals surface area contributed by atoms with Gasteiger partial charge in [-0.05, 0) is 19.3 Å². The van der Waals surface area contributed by atoms with Crippen molar-refractivity contribution in [1.29, 1.82) is 0 Å². The highest BCUT2D eigenvalue weighted by Crippen LogP contribution is 2.38. The fraction of sp³-hybridized carbons (Fsp3) is 0.786. The fourth-order valence-electron chi connectivity index (χ4n) is 2.71. The van der Waals surface area contributed by atoms with Crippen LogP contribution in [-0.2, 0) is 14.4 Å². The minimum Gasteiger partial charge on any atom is -0.481 e. The Labute approximate surface area is 118 Å². The van der Waals surface area contributed by atoms with Crippen molar-refractivity contribution in [3.63, 3.8) is 0 Å². The summed E-state index contributed by atoms with van der Waals surface area (Å²) in [4.78, 5) is 33.7. The summed E-state index contributed by atoms with van der Waals surface area (Å²) in [7, 11) is 0. The lowest BCUT2D eigenvalue weighted by Crippen LogP contribution is -2.37. The van der Waals surface area contributed by atoms with Crippen LogP contribution in [0.1, 0.15) is 57.8 Å². The first-order valence-electron chi connectivity index (χ1n) is 7.18. The van der Waals surface area contributed by atoms with Gasteiger partial charge in [0, 0.05) is 19.4 Å². The maximum Gasteiger partial charge on any atom is 0.310 e. The fourth-order valence-corrected chi connectivity index (χ4v) is 2.71. The second-order valence-electron chi connectivity index (χ2n) is 5.52. The summed E-state index contributed by atoms with van der Waals surface area (Å²) >= 11 is 0. The molecule has 0 saturated heterocycles. The van der Waals surface area contributed by atoms with Gasteiger partial charge in [-0.1, -0.05) is 25.7 Å². The molecule has 1 aliphatic carbocycles. The summed E-state index contributed by atoms with van der Waals surface area (Å²) in [5.74, 6) is -2.08. The third kappa shape index (κ3) is 5.19. The Kier molecular flexibility index (Phi) is 6.48. The number of amides is 1. The quantitative estimate of drug-likeness (QED) is 0.488. The molecular formula is C14H23NO5. The maximum absolute atomic E-state index is 11.9. The first-order valence-corrected chi connectivity index (χ1v) is 7.18. The number of carbonyl (C=O) groups is 3. The van der Waals surface area contributed by atoms with E-state index >= 15 is 0 Å². The van der Waals surface area contributed by atoms with Gasteiger partial charge in [0.25, 0.3) is 0 Å². The molecule has 0 aromatic rings. The molecule has 1 amide bonds. The molecule has 6 nitrogen and oxygen atoms in total. The Morgan fingerprint density at radius 3 is 2.10 bits per heavy atom. The predicted molar refractivity (Wildman–Crippen MR) is 72.3 cm³/mol. The van der Waals surface area contributed by atoms with Gasteiger partial charge in [0.05, 0.1) is 5.41 Å². The molecule has 114 valence electrons. The molecule has 1 fully saturated rings. The van der Waals surface area contributed by atoms with E-state index < -0.39 is 17.4 Å². The SMILES string of the molecule is O=C(O)CCCNC(=O)CC1(C(=O)O)CCCCCC1. The standard InChI is InChI=1S/C14H23NO5/c16-11(15-9-5-6-12(17)18)10-14(13(19)20)7-3-1-2-4-8-14/h1-10H2,(H,15,16)(H,17,18)(H,19,20). The number of rotatable bonds is 7. The average molecular weight is 285 g/mol. The molecule has 0 aliphatic heterocycles. The predicted octanol–water partition coefficient (Wildman–Crippen LogP) is 1.78. The van der Waals surface area contributed by atoms with Crippen molar-refractivity contribution in [2.75, 3.05) is 6.54 Å². The maximum atomic E-state index is 11.9. The lowest BCUT2D eigenvalue weighted by molar-refractivity contribution is -0.152. The van der Waals surface area contributed by atoms with Crippen LogP contribution in [-0.4, -0.2) is 34.6 Å². The van der Waals surface area contributed by atoms with E-state index in [9.17, 15) is 19.5 Å². The molecule has 1 saturated carbocycles. The summed E-state index contributed by atoms with van der Waals surface area (Å²) in [5, 5.41) is 20.6. The van der Waals surface area contributed by atoms with Crippen LogP contribution in [0.5, 0.6) is 0 Å². The Morgan fingerprint density at radius 2 is 1.60 bits per heavy atom. The molecule has 3 N–H and O–H groups in total. The van der Waals surface area contributed by atoms with Gasteiger partial charge in [-0.15, -0.1) is 0 Å². The van der Waals surface area contributed by atoms with Crippen molar-refractivity contribution < 1.29 is 24.6 Å². The van der Waals surface area contributed by atoms with Crippen molar-refractivity contribution >= 4 is 17.8 Å². The second kappa shape index (κ2) is 7.87. The zero-order valence-electron chi connectivity index (χ0n) is 11.7. The summed E-state index contributed by atoms with van der Waals surface area (Å²) in [5.41, 5.74) is -0.937. The van der Waals surface area contributed by atoms with Crippen LogP contribution >= 0.6 is 0 Å². The van der Waals surface area contributed by atoms with Gasteiger partial charge >= 0.3 is 11.9 Å². The van der Waals surface area contributed by atoms with E-state index in [1.807, 2.05) is 0 Å². The lowest BCUT2D eigenvalue weighted by atomic mass is 9.77. The average Bonchev–Trinajstić information content (AvgIpc) is 2.61. The van der Waals surface area contributed by atoms with Gasteiger partial charge in [-0.2, -0.15) is 0 Å². The summed E-state index contributed by atoms with van der Waals surface area (Å²) in [6, 6.07) is 0. The molecule has 0 spiro atoms. The number of carboxylic acids is 2. The molecule has 0 atom stereocenters. The van der Waals surface area contributed by atoms with Crippen molar-refractivity contribution in [3.8, 4) is 0 Å². The molecule has 0 aromatic carbocycles. The number of hydrogen-bond acceptors (Lipinski definition) is 3. The highest BCUT2D eigenvalue weighted by molar-refractivity contribution is 5.85. The highest BCUT2D eigenvalue weighted by Gasteiger charge is 2.40. The Hall–Kier alpha value is -1.59. The van der Waals surface area contributed by atoms with E-state index in [4.69, 9.17) is 5.11 Å². The molecule has 1 rings (SSSR count). The van der Waals surface area contributed by atoms with Crippen LogP contribution in [0, 0.1) is 5.41 Å². The normalized spacial score (nSPS) is 18.0. The Balaban J connectivity index is 2.46. The van der Waals surface area contributed by atoms with Crippen molar-refractivity contribution in [1.82, 2.24) is 5.32 Å². The van der Waals surface area contributed by atoms with Gasteiger partial charge in [0.1, 0.15) is 0 Å². The van der Waals surface area contributed by atoms with Gasteiger partial charge in [-0.3, -0.25) is 14.4 Å². The second-order valence-corrected chi connectivity index (χ2v) is 5.52. The summed E-state index contributed by atoms with van der Waals surface area (Å²) < 4.78 is 0. The van der Waals surface area contributed by atoms with Crippen LogP contribution in [0.25, 0.3) is 0 Å². The molecule has 0 unspecified atom stereocenters. The van der Waals surface area contributed by atoms with Crippen molar-refractivity contribution in [2.24, 2.45) is 5.41 Å². The van der Waals surface area contributed by atoms with Gasteiger partial charge in [0.2, 0.25) is 5.91 Å². The number of aliphatic carboxylic acids is 2. The van der Waals surface area contributed by atoms with E-state index in [1.165, 1.54) is 0 Å². The van der Waals surface area contributed by atoms with Crippen LogP contribution < -0.4 is 5.32 Å². The van der Waals surface area contributed by atoms with Gasteiger partial charge < -0.3 is 15.5 Å². The number of carbonyl (C=O) groups excluding carboxylic acids is 1. The third-order valence-electron chi connectivity index (χ3n) is 3.90. The highest BCUT2D eigenvalue weighted by atomic mass is 16.4. The zero-order chi connectivity index (χ0) is 15.0. The van der Waals surface area contributed by atoms with Crippen LogP contribution in [0.4, 0.5) is 0 Å². The Bertz CT molecular complexity index is 359. The summed E-state index contributed by atoms with van der Waals surface area (Å²) in [6.45, 7) is 0.279. The minimum absolute atomic E-state index is 0.00432. The van der Waals surface area contributed by atoms with Crippen LogP contribution in [0.3, 0.4) is 0 Å². The van der Waals surface area contributed by atoms with E-state index in [0.29, 0.717) is 19.3 Å². The topological polar surface area (TPSA) is 104 Å². The zero-order valence-corrected chi connectivity index (χ0v) is 11.7. The van der Waals surface area contributed by atoms with E-state index in [1.54, 1.807) is 0 Å². The molecule has 0 bridgehead atoms. The first kappa shape index (κ1) is 16.5. The largest absolute Gasteiger partial charge is 0.481 e. The van der Waals surface area contributed by atoms with E-state index in [2.05, 4.69) is 5.32 Å². The van der Waals surface area contributed by atoms with Gasteiger partial charge in [-0.25, -0.2) is 0 Å². The molecule has 0 aromatic heterocycles. The number of hydrogen-bond donors (Lipinski definition) is 3. The van der Waals surface area contributed by atoms with Crippen LogP contribution in [0.2, 0.25) is 0 Å². The minimum atomic E-state index is -0.937. The van der Waals surface area contributed by atoms with E-state index in [-0.39, 0.29) is 25.3 Å². The van der Waals surface area contributed by atoms with Crippen molar-refractivity contribution in [3.05, 3.63) is 0 Å². The molecule has 20 heavy (non-hydrogen) atoms. The molecule has 6 heteroatoms. The first-order chi connectivity index (χ1) is 9.46. The molecule has 0 radical (unpaired) electrons. The molecule has 1 aliphatic rings.